The molecular formula is C30H36N4O. The minimum absolute atomic E-state index is 0.215. The van der Waals surface area contributed by atoms with Gasteiger partial charge in [-0.25, -0.2) is 0 Å². The molecule has 35 heavy (non-hydrogen) atoms. The molecule has 2 aromatic carbocycles. The molecule has 4 rings (SSSR count). The number of hydrogen-bond acceptors (Lipinski definition) is 4. The molecule has 1 fully saturated rings. The normalized spacial score (nSPS) is 17.2. The molecule has 2 aromatic rings. The number of rotatable bonds is 6. The zero-order valence-electron chi connectivity index (χ0n) is 21.1. The number of nitrogens with two attached hydrogens (primary N) is 1. The molecule has 0 saturated carbocycles. The first kappa shape index (κ1) is 24.4. The van der Waals surface area contributed by atoms with Gasteiger partial charge in [0, 0.05) is 42.9 Å². The van der Waals surface area contributed by atoms with Crippen LogP contribution < -0.4 is 16.0 Å². The van der Waals surface area contributed by atoms with Crippen LogP contribution in [-0.2, 0) is 11.3 Å². The van der Waals surface area contributed by atoms with Crippen LogP contribution in [0.2, 0.25) is 0 Å². The molecular weight excluding hydrogens is 432 g/mol. The maximum absolute atomic E-state index is 13.0. The Balaban J connectivity index is 1.32. The van der Waals surface area contributed by atoms with Gasteiger partial charge in [0.15, 0.2) is 0 Å². The smallest absolute Gasteiger partial charge is 0.270 e. The van der Waals surface area contributed by atoms with Crippen LogP contribution in [0.15, 0.2) is 96.1 Å². The lowest BCUT2D eigenvalue weighted by molar-refractivity contribution is -0.118. The third-order valence-corrected chi connectivity index (χ3v) is 6.96. The van der Waals surface area contributed by atoms with E-state index in [1.807, 2.05) is 25.3 Å². The second kappa shape index (κ2) is 10.7. The maximum Gasteiger partial charge on any atom is 0.270 e. The minimum Gasteiger partial charge on any atom is -0.400 e. The molecule has 0 aromatic heterocycles. The van der Waals surface area contributed by atoms with Gasteiger partial charge in [-0.2, -0.15) is 0 Å². The topological polar surface area (TPSA) is 61.6 Å². The van der Waals surface area contributed by atoms with Crippen molar-refractivity contribution >= 4 is 11.6 Å². The third kappa shape index (κ3) is 5.68. The summed E-state index contributed by atoms with van der Waals surface area (Å²) in [6.45, 7) is 12.5. The van der Waals surface area contributed by atoms with Crippen LogP contribution in [0, 0.1) is 6.92 Å². The molecule has 3 N–H and O–H groups in total. The molecule has 2 heterocycles. The van der Waals surface area contributed by atoms with Crippen LogP contribution in [0.3, 0.4) is 0 Å². The fourth-order valence-electron chi connectivity index (χ4n) is 4.74. The lowest BCUT2D eigenvalue weighted by Gasteiger charge is -2.34. The predicted octanol–water partition coefficient (Wildman–Crippen LogP) is 5.47. The number of hydrogen-bond donors (Lipinski definition) is 2. The molecule has 0 bridgehead atoms. The Labute approximate surface area is 209 Å². The first-order valence-corrected chi connectivity index (χ1v) is 12.3. The van der Waals surface area contributed by atoms with Crippen LogP contribution in [0.1, 0.15) is 49.3 Å². The first-order chi connectivity index (χ1) is 16.8. The van der Waals surface area contributed by atoms with E-state index in [9.17, 15) is 4.79 Å². The highest BCUT2D eigenvalue weighted by atomic mass is 16.2. The van der Waals surface area contributed by atoms with E-state index in [2.05, 4.69) is 72.3 Å². The average molecular weight is 469 g/mol. The van der Waals surface area contributed by atoms with E-state index < -0.39 is 0 Å². The molecule has 1 amide bonds. The van der Waals surface area contributed by atoms with Crippen molar-refractivity contribution in [1.82, 2.24) is 10.2 Å². The van der Waals surface area contributed by atoms with Gasteiger partial charge in [-0.3, -0.25) is 4.79 Å². The number of piperidine rings is 1. The molecule has 2 aliphatic heterocycles. The number of aryl methyl sites for hydroxylation is 1. The number of benzene rings is 2. The third-order valence-electron chi connectivity index (χ3n) is 6.96. The molecule has 0 atom stereocenters. The van der Waals surface area contributed by atoms with E-state index in [0.717, 1.165) is 29.9 Å². The van der Waals surface area contributed by atoms with E-state index in [4.69, 9.17) is 5.73 Å². The van der Waals surface area contributed by atoms with E-state index in [1.165, 1.54) is 29.7 Å². The summed E-state index contributed by atoms with van der Waals surface area (Å²) in [6, 6.07) is 17.5. The lowest BCUT2D eigenvalue weighted by Crippen LogP contribution is -2.34. The average Bonchev–Trinajstić information content (AvgIpc) is 2.86. The van der Waals surface area contributed by atoms with Crippen molar-refractivity contribution < 1.29 is 4.79 Å². The Bertz CT molecular complexity index is 1160. The van der Waals surface area contributed by atoms with Crippen molar-refractivity contribution in [3.05, 3.63) is 113 Å². The fourth-order valence-corrected chi connectivity index (χ4v) is 4.74. The largest absolute Gasteiger partial charge is 0.400 e. The Hall–Kier alpha value is -3.73. The van der Waals surface area contributed by atoms with Crippen molar-refractivity contribution in [3.63, 3.8) is 0 Å². The Kier molecular flexibility index (Phi) is 7.45. The quantitative estimate of drug-likeness (QED) is 0.552. The van der Waals surface area contributed by atoms with E-state index in [0.29, 0.717) is 23.9 Å². The highest BCUT2D eigenvalue weighted by Gasteiger charge is 2.23. The van der Waals surface area contributed by atoms with Gasteiger partial charge in [0.1, 0.15) is 5.70 Å². The molecule has 2 aliphatic rings. The number of anilines is 1. The van der Waals surface area contributed by atoms with Crippen LogP contribution in [0.5, 0.6) is 0 Å². The van der Waals surface area contributed by atoms with Crippen molar-refractivity contribution in [2.75, 3.05) is 18.0 Å². The predicted molar refractivity (Wildman–Crippen MR) is 144 cm³/mol. The van der Waals surface area contributed by atoms with Crippen molar-refractivity contribution in [3.8, 4) is 0 Å². The number of allylic oxidation sites excluding steroid dienone is 4. The molecule has 1 saturated heterocycles. The number of amides is 1. The summed E-state index contributed by atoms with van der Waals surface area (Å²) in [5, 5.41) is 3.01. The van der Waals surface area contributed by atoms with E-state index in [1.54, 1.807) is 11.8 Å². The van der Waals surface area contributed by atoms with Crippen LogP contribution >= 0.6 is 0 Å². The van der Waals surface area contributed by atoms with Crippen LogP contribution in [0.25, 0.3) is 0 Å². The van der Waals surface area contributed by atoms with Gasteiger partial charge in [0.25, 0.3) is 5.91 Å². The number of carbonyl (C=O) groups is 1. The summed E-state index contributed by atoms with van der Waals surface area (Å²) in [6.07, 6.45) is 8.01. The lowest BCUT2D eigenvalue weighted by atomic mass is 9.89. The molecule has 0 unspecified atom stereocenters. The van der Waals surface area contributed by atoms with Gasteiger partial charge in [-0.15, -0.1) is 0 Å². The Morgan fingerprint density at radius 2 is 1.71 bits per heavy atom. The summed E-state index contributed by atoms with van der Waals surface area (Å²) in [7, 11) is 0. The highest BCUT2D eigenvalue weighted by molar-refractivity contribution is 5.94. The summed E-state index contributed by atoms with van der Waals surface area (Å²) < 4.78 is 0. The van der Waals surface area contributed by atoms with Gasteiger partial charge < -0.3 is 20.9 Å². The number of nitrogens with one attached hydrogen (secondary N) is 1. The monoisotopic (exact) mass is 468 g/mol. The molecule has 0 radical (unpaired) electrons. The molecule has 0 spiro atoms. The van der Waals surface area contributed by atoms with Crippen molar-refractivity contribution in [2.45, 2.75) is 46.1 Å². The van der Waals surface area contributed by atoms with Crippen LogP contribution in [-0.4, -0.2) is 23.9 Å². The fraction of sp³-hybridized carbons (Fsp3) is 0.300. The number of carbonyl (C=O) groups excluding carboxylic acids is 1. The van der Waals surface area contributed by atoms with Gasteiger partial charge in [-0.1, -0.05) is 54.6 Å². The Morgan fingerprint density at radius 1 is 1.06 bits per heavy atom. The van der Waals surface area contributed by atoms with E-state index >= 15 is 0 Å². The minimum atomic E-state index is -0.215. The number of nitrogens with zero attached hydrogens (tertiary/aromatic N) is 2. The summed E-state index contributed by atoms with van der Waals surface area (Å²) >= 11 is 0. The molecule has 5 nitrogen and oxygen atoms in total. The highest BCUT2D eigenvalue weighted by Crippen LogP contribution is 2.31. The first-order valence-electron chi connectivity index (χ1n) is 12.3. The second-order valence-corrected chi connectivity index (χ2v) is 9.56. The standard InChI is InChI=1S/C30H36N4O/c1-21-7-11-26(12-8-21)27-15-18-33(19-16-27)28-13-9-25(10-14-28)20-32-30(35)29(23(3)31)34-17-5-6-22(2)24(34)4/h5-14,17,27H,4,15-16,18-20,31H2,1-3H3,(H,32,35)/b29-23+. The molecule has 0 aliphatic carbocycles. The summed E-state index contributed by atoms with van der Waals surface area (Å²) in [5.74, 6) is 0.424. The summed E-state index contributed by atoms with van der Waals surface area (Å²) in [5.41, 5.74) is 13.7. The Morgan fingerprint density at radius 3 is 2.34 bits per heavy atom. The van der Waals surface area contributed by atoms with Gasteiger partial charge in [-0.05, 0) is 74.4 Å². The molecule has 5 heteroatoms. The zero-order valence-corrected chi connectivity index (χ0v) is 21.1. The van der Waals surface area contributed by atoms with Gasteiger partial charge >= 0.3 is 0 Å². The van der Waals surface area contributed by atoms with Gasteiger partial charge in [0.2, 0.25) is 0 Å². The van der Waals surface area contributed by atoms with Gasteiger partial charge in [0.05, 0.1) is 0 Å². The molecule has 182 valence electrons. The second-order valence-electron chi connectivity index (χ2n) is 9.56. The SMILES string of the molecule is C=C1C(C)=CC=CN1/C(C(=O)NCc1ccc(N2CCC(c3ccc(C)cc3)CC2)cc1)=C(\C)N. The maximum atomic E-state index is 13.0. The summed E-state index contributed by atoms with van der Waals surface area (Å²) in [4.78, 5) is 17.2. The van der Waals surface area contributed by atoms with Crippen molar-refractivity contribution in [2.24, 2.45) is 5.73 Å². The van der Waals surface area contributed by atoms with Crippen LogP contribution in [0.4, 0.5) is 5.69 Å². The van der Waals surface area contributed by atoms with E-state index in [-0.39, 0.29) is 5.91 Å². The zero-order chi connectivity index (χ0) is 24.9. The van der Waals surface area contributed by atoms with Crippen molar-refractivity contribution in [1.29, 1.82) is 0 Å².